The summed E-state index contributed by atoms with van der Waals surface area (Å²) in [5, 5.41) is 0.503. The first kappa shape index (κ1) is 14.6. The van der Waals surface area contributed by atoms with E-state index >= 15 is 0 Å². The summed E-state index contributed by atoms with van der Waals surface area (Å²) in [5.74, 6) is 0.479. The Morgan fingerprint density at radius 3 is 2.41 bits per heavy atom. The number of thioether (sulfide) groups is 1. The molecule has 0 radical (unpaired) electrons. The first-order chi connectivity index (χ1) is 10.4. The minimum absolute atomic E-state index is 0.277. The Morgan fingerprint density at radius 2 is 1.68 bits per heavy atom. The lowest BCUT2D eigenvalue weighted by atomic mass is 9.77. The summed E-state index contributed by atoms with van der Waals surface area (Å²) in [6, 6.07) is 6.53. The number of hydrogen-bond donors (Lipinski definition) is 0. The zero-order valence-electron chi connectivity index (χ0n) is 13.5. The average Bonchev–Trinajstić information content (AvgIpc) is 2.93. The van der Waals surface area contributed by atoms with E-state index in [4.69, 9.17) is 9.31 Å². The molecule has 2 aliphatic heterocycles. The summed E-state index contributed by atoms with van der Waals surface area (Å²) < 4.78 is 12.5. The van der Waals surface area contributed by atoms with E-state index in [0.717, 1.165) is 0 Å². The molecule has 114 valence electrons. The van der Waals surface area contributed by atoms with Crippen LogP contribution in [0.4, 0.5) is 0 Å². The van der Waals surface area contributed by atoms with E-state index in [0.29, 0.717) is 11.2 Å². The Balaban J connectivity index is 1.73. The lowest BCUT2D eigenvalue weighted by Crippen LogP contribution is -2.41. The minimum atomic E-state index is -0.295. The Hall–Kier alpha value is -0.965. The van der Waals surface area contributed by atoms with Gasteiger partial charge in [-0.05, 0) is 38.7 Å². The average molecular weight is 312 g/mol. The normalized spacial score (nSPS) is 30.5. The second kappa shape index (κ2) is 4.76. The number of allylic oxidation sites excluding steroid dienone is 3. The smallest absolute Gasteiger partial charge is 0.399 e. The minimum Gasteiger partial charge on any atom is -0.399 e. The maximum Gasteiger partial charge on any atom is 0.495 e. The molecule has 1 aliphatic carbocycles. The molecule has 3 aliphatic rings. The highest BCUT2D eigenvalue weighted by molar-refractivity contribution is 8.00. The zero-order chi connectivity index (χ0) is 15.5. The lowest BCUT2D eigenvalue weighted by Gasteiger charge is -2.32. The molecule has 0 saturated carbocycles. The van der Waals surface area contributed by atoms with Crippen LogP contribution in [0.5, 0.6) is 0 Å². The molecule has 0 amide bonds. The van der Waals surface area contributed by atoms with Gasteiger partial charge in [-0.1, -0.05) is 42.5 Å². The fourth-order valence-corrected chi connectivity index (χ4v) is 4.71. The van der Waals surface area contributed by atoms with Crippen LogP contribution in [0.1, 0.15) is 39.2 Å². The van der Waals surface area contributed by atoms with E-state index in [1.807, 2.05) is 11.8 Å². The third kappa shape index (κ3) is 2.04. The van der Waals surface area contributed by atoms with Crippen molar-refractivity contribution in [2.45, 2.75) is 55.0 Å². The molecule has 1 aromatic rings. The summed E-state index contributed by atoms with van der Waals surface area (Å²) in [6.45, 7) is 8.42. The van der Waals surface area contributed by atoms with Crippen LogP contribution in [0.25, 0.3) is 0 Å². The molecule has 2 nitrogen and oxygen atoms in total. The van der Waals surface area contributed by atoms with Crippen molar-refractivity contribution in [2.24, 2.45) is 0 Å². The van der Waals surface area contributed by atoms with Crippen LogP contribution in [0.3, 0.4) is 0 Å². The van der Waals surface area contributed by atoms with Crippen LogP contribution in [0, 0.1) is 0 Å². The lowest BCUT2D eigenvalue weighted by molar-refractivity contribution is 0.00578. The molecule has 1 saturated heterocycles. The van der Waals surface area contributed by atoms with Crippen molar-refractivity contribution in [1.82, 2.24) is 0 Å². The fraction of sp³-hybridized carbons (Fsp3) is 0.444. The highest BCUT2D eigenvalue weighted by atomic mass is 32.2. The third-order valence-corrected chi connectivity index (χ3v) is 6.71. The van der Waals surface area contributed by atoms with E-state index in [1.54, 1.807) is 0 Å². The Bertz CT molecular complexity index is 662. The maximum absolute atomic E-state index is 6.26. The van der Waals surface area contributed by atoms with Crippen molar-refractivity contribution in [3.8, 4) is 0 Å². The standard InChI is InChI=1S/C18H21BO2S/c1-17(2)18(3,4)21-19(20-17)14-10-7-9-13-12-8-5-6-11-15(12)22-16(13)14/h5-12,15H,1-4H3. The SMILES string of the molecule is CC1(C)OB(c2cccc3c2SC2C=CC=CC32)OC1(C)C. The zero-order valence-corrected chi connectivity index (χ0v) is 14.3. The van der Waals surface area contributed by atoms with Crippen LogP contribution in [-0.2, 0) is 9.31 Å². The van der Waals surface area contributed by atoms with Crippen LogP contribution in [-0.4, -0.2) is 23.6 Å². The molecule has 4 rings (SSSR count). The summed E-state index contributed by atoms with van der Waals surface area (Å²) in [6.07, 6.45) is 8.90. The number of hydrogen-bond acceptors (Lipinski definition) is 3. The maximum atomic E-state index is 6.26. The second-order valence-corrected chi connectivity index (χ2v) is 8.42. The van der Waals surface area contributed by atoms with Crippen molar-refractivity contribution >= 4 is 24.3 Å². The van der Waals surface area contributed by atoms with Gasteiger partial charge in [0.25, 0.3) is 0 Å². The third-order valence-electron chi connectivity index (χ3n) is 5.28. The van der Waals surface area contributed by atoms with Gasteiger partial charge in [-0.2, -0.15) is 0 Å². The molecule has 2 unspecified atom stereocenters. The summed E-state index contributed by atoms with van der Waals surface area (Å²) in [7, 11) is -0.277. The van der Waals surface area contributed by atoms with Crippen LogP contribution >= 0.6 is 11.8 Å². The molecule has 0 aromatic heterocycles. The van der Waals surface area contributed by atoms with E-state index in [9.17, 15) is 0 Å². The molecular formula is C18H21BO2S. The molecule has 22 heavy (non-hydrogen) atoms. The quantitative estimate of drug-likeness (QED) is 0.737. The Labute approximate surface area is 137 Å². The highest BCUT2D eigenvalue weighted by Gasteiger charge is 2.53. The summed E-state index contributed by atoms with van der Waals surface area (Å²) in [4.78, 5) is 1.34. The van der Waals surface area contributed by atoms with Gasteiger partial charge in [-0.3, -0.25) is 0 Å². The summed E-state index contributed by atoms with van der Waals surface area (Å²) >= 11 is 1.94. The van der Waals surface area contributed by atoms with Crippen LogP contribution < -0.4 is 5.46 Å². The van der Waals surface area contributed by atoms with E-state index in [-0.39, 0.29) is 18.3 Å². The van der Waals surface area contributed by atoms with Crippen molar-refractivity contribution in [3.63, 3.8) is 0 Å². The largest absolute Gasteiger partial charge is 0.495 e. The molecule has 1 fully saturated rings. The molecule has 2 atom stereocenters. The van der Waals surface area contributed by atoms with Gasteiger partial charge < -0.3 is 9.31 Å². The summed E-state index contributed by atoms with van der Waals surface area (Å²) in [5.41, 5.74) is 1.99. The molecular weight excluding hydrogens is 291 g/mol. The van der Waals surface area contributed by atoms with Gasteiger partial charge in [0, 0.05) is 16.1 Å². The molecule has 1 aromatic carbocycles. The predicted octanol–water partition coefficient (Wildman–Crippen LogP) is 3.67. The van der Waals surface area contributed by atoms with Crippen molar-refractivity contribution in [2.75, 3.05) is 0 Å². The highest BCUT2D eigenvalue weighted by Crippen LogP contribution is 2.48. The van der Waals surface area contributed by atoms with Gasteiger partial charge in [-0.25, -0.2) is 0 Å². The van der Waals surface area contributed by atoms with Gasteiger partial charge in [0.05, 0.1) is 11.2 Å². The molecule has 2 heterocycles. The van der Waals surface area contributed by atoms with Crippen molar-refractivity contribution in [3.05, 3.63) is 48.1 Å². The Morgan fingerprint density at radius 1 is 1.00 bits per heavy atom. The number of fused-ring (bicyclic) bond motifs is 3. The second-order valence-electron chi connectivity index (χ2n) is 7.23. The van der Waals surface area contributed by atoms with E-state index in [1.165, 1.54) is 15.9 Å². The van der Waals surface area contributed by atoms with Crippen LogP contribution in [0.15, 0.2) is 47.4 Å². The monoisotopic (exact) mass is 312 g/mol. The van der Waals surface area contributed by atoms with Crippen molar-refractivity contribution < 1.29 is 9.31 Å². The van der Waals surface area contributed by atoms with Gasteiger partial charge in [0.15, 0.2) is 0 Å². The molecule has 0 spiro atoms. The molecule has 0 N–H and O–H groups in total. The number of benzene rings is 1. The predicted molar refractivity (Wildman–Crippen MR) is 92.8 cm³/mol. The van der Waals surface area contributed by atoms with Crippen LogP contribution in [0.2, 0.25) is 0 Å². The van der Waals surface area contributed by atoms with Gasteiger partial charge in [0.2, 0.25) is 0 Å². The van der Waals surface area contributed by atoms with Gasteiger partial charge >= 0.3 is 7.12 Å². The Kier molecular flexibility index (Phi) is 3.17. The molecule has 4 heteroatoms. The molecule has 0 bridgehead atoms. The van der Waals surface area contributed by atoms with Gasteiger partial charge in [0.1, 0.15) is 0 Å². The first-order valence-electron chi connectivity index (χ1n) is 7.89. The first-order valence-corrected chi connectivity index (χ1v) is 8.77. The topological polar surface area (TPSA) is 18.5 Å². The number of rotatable bonds is 1. The van der Waals surface area contributed by atoms with Crippen molar-refractivity contribution in [1.29, 1.82) is 0 Å². The van der Waals surface area contributed by atoms with Gasteiger partial charge in [-0.15, -0.1) is 11.8 Å². The van der Waals surface area contributed by atoms with E-state index in [2.05, 4.69) is 70.2 Å². The fourth-order valence-electron chi connectivity index (χ4n) is 3.24. The van der Waals surface area contributed by atoms with E-state index < -0.39 is 0 Å².